The molecule has 16 heavy (non-hydrogen) atoms. The van der Waals surface area contributed by atoms with Crippen LogP contribution >= 0.6 is 0 Å². The first-order valence-corrected chi connectivity index (χ1v) is 4.73. The molecule has 1 aromatic carbocycles. The molecule has 5 heteroatoms. The first-order valence-electron chi connectivity index (χ1n) is 4.73. The molecule has 0 atom stereocenters. The molecule has 0 amide bonds. The van der Waals surface area contributed by atoms with Crippen molar-refractivity contribution in [1.29, 1.82) is 0 Å². The van der Waals surface area contributed by atoms with Crippen LogP contribution < -0.4 is 0 Å². The van der Waals surface area contributed by atoms with Gasteiger partial charge in [-0.25, -0.2) is 4.79 Å². The van der Waals surface area contributed by atoms with E-state index < -0.39 is 10.9 Å². The number of carbonyl (C=O) groups is 1. The molecule has 84 valence electrons. The summed E-state index contributed by atoms with van der Waals surface area (Å²) in [5, 5.41) is 19.1. The van der Waals surface area contributed by atoms with E-state index >= 15 is 0 Å². The number of hydrogen-bond acceptors (Lipinski definition) is 3. The molecule has 0 saturated carbocycles. The zero-order valence-corrected chi connectivity index (χ0v) is 8.71. The molecule has 0 aliphatic heterocycles. The molecule has 0 radical (unpaired) electrons. The van der Waals surface area contributed by atoms with Gasteiger partial charge in [0.05, 0.1) is 4.92 Å². The fourth-order valence-electron chi connectivity index (χ4n) is 1.34. The molecule has 0 aromatic heterocycles. The maximum absolute atomic E-state index is 10.5. The molecule has 0 fully saturated rings. The van der Waals surface area contributed by atoms with E-state index in [2.05, 4.69) is 0 Å². The lowest BCUT2D eigenvalue weighted by Crippen LogP contribution is -1.93. The van der Waals surface area contributed by atoms with Crippen molar-refractivity contribution in [2.45, 2.75) is 13.3 Å². The maximum Gasteiger partial charge on any atom is 0.328 e. The Bertz CT molecular complexity index is 434. The number of allylic oxidation sites excluding steroid dienone is 1. The number of rotatable bonds is 4. The number of carboxylic acid groups (broad SMARTS) is 1. The standard InChI is InChI=1S/C11H11NO4/c1-2-8(7-11(13)14)9-3-5-10(6-4-9)12(15)16/h3-7H,2H2,1H3,(H,13,14)/b8-7+. The van der Waals surface area contributed by atoms with Crippen molar-refractivity contribution >= 4 is 17.2 Å². The highest BCUT2D eigenvalue weighted by Crippen LogP contribution is 2.20. The van der Waals surface area contributed by atoms with Crippen LogP contribution in [0.5, 0.6) is 0 Å². The summed E-state index contributed by atoms with van der Waals surface area (Å²) in [6.07, 6.45) is 1.67. The van der Waals surface area contributed by atoms with E-state index in [1.807, 2.05) is 6.92 Å². The van der Waals surface area contributed by atoms with Crippen molar-refractivity contribution in [3.8, 4) is 0 Å². The van der Waals surface area contributed by atoms with Crippen LogP contribution in [0.3, 0.4) is 0 Å². The van der Waals surface area contributed by atoms with Crippen molar-refractivity contribution in [3.05, 3.63) is 46.0 Å². The molecular weight excluding hydrogens is 210 g/mol. The second kappa shape index (κ2) is 5.06. The fraction of sp³-hybridized carbons (Fsp3) is 0.182. The van der Waals surface area contributed by atoms with Gasteiger partial charge in [-0.15, -0.1) is 0 Å². The highest BCUT2D eigenvalue weighted by atomic mass is 16.6. The Morgan fingerprint density at radius 3 is 2.38 bits per heavy atom. The minimum absolute atomic E-state index is 0.00507. The third-order valence-corrected chi connectivity index (χ3v) is 2.13. The number of benzene rings is 1. The molecule has 1 N–H and O–H groups in total. The van der Waals surface area contributed by atoms with Crippen molar-refractivity contribution in [2.75, 3.05) is 0 Å². The van der Waals surface area contributed by atoms with Gasteiger partial charge in [-0.05, 0) is 29.7 Å². The quantitative estimate of drug-likeness (QED) is 0.481. The highest BCUT2D eigenvalue weighted by Gasteiger charge is 2.06. The summed E-state index contributed by atoms with van der Waals surface area (Å²) in [5.41, 5.74) is 1.33. The van der Waals surface area contributed by atoms with E-state index in [1.54, 1.807) is 12.1 Å². The Labute approximate surface area is 92.2 Å². The van der Waals surface area contributed by atoms with Crippen molar-refractivity contribution in [3.63, 3.8) is 0 Å². The number of non-ortho nitro benzene ring substituents is 1. The Morgan fingerprint density at radius 2 is 2.00 bits per heavy atom. The second-order valence-electron chi connectivity index (χ2n) is 3.17. The molecule has 0 spiro atoms. The topological polar surface area (TPSA) is 80.4 Å². The second-order valence-corrected chi connectivity index (χ2v) is 3.17. The van der Waals surface area contributed by atoms with Crippen LogP contribution in [-0.4, -0.2) is 16.0 Å². The first-order chi connectivity index (χ1) is 7.54. The average molecular weight is 221 g/mol. The normalized spacial score (nSPS) is 11.2. The van der Waals surface area contributed by atoms with E-state index in [0.29, 0.717) is 17.6 Å². The summed E-state index contributed by atoms with van der Waals surface area (Å²) < 4.78 is 0. The molecule has 5 nitrogen and oxygen atoms in total. The van der Waals surface area contributed by atoms with Gasteiger partial charge < -0.3 is 5.11 Å². The number of hydrogen-bond donors (Lipinski definition) is 1. The smallest absolute Gasteiger partial charge is 0.328 e. The largest absolute Gasteiger partial charge is 0.478 e. The monoisotopic (exact) mass is 221 g/mol. The molecule has 0 aliphatic rings. The molecule has 0 heterocycles. The lowest BCUT2D eigenvalue weighted by Gasteiger charge is -2.03. The molecular formula is C11H11NO4. The van der Waals surface area contributed by atoms with E-state index in [9.17, 15) is 14.9 Å². The van der Waals surface area contributed by atoms with Gasteiger partial charge in [-0.2, -0.15) is 0 Å². The highest BCUT2D eigenvalue weighted by molar-refractivity contribution is 5.90. The Kier molecular flexibility index (Phi) is 3.77. The van der Waals surface area contributed by atoms with Crippen molar-refractivity contribution < 1.29 is 14.8 Å². The Balaban J connectivity index is 3.04. The van der Waals surface area contributed by atoms with Crippen LogP contribution in [0.15, 0.2) is 30.3 Å². The summed E-state index contributed by atoms with van der Waals surface area (Å²) in [5.74, 6) is -1.02. The van der Waals surface area contributed by atoms with Crippen molar-refractivity contribution in [2.24, 2.45) is 0 Å². The third kappa shape index (κ3) is 2.91. The average Bonchev–Trinajstić information content (AvgIpc) is 2.25. The summed E-state index contributed by atoms with van der Waals surface area (Å²) in [4.78, 5) is 20.5. The molecule has 1 rings (SSSR count). The zero-order chi connectivity index (χ0) is 12.1. The molecule has 0 bridgehead atoms. The van der Waals surface area contributed by atoms with Gasteiger partial charge >= 0.3 is 5.97 Å². The molecule has 0 saturated heterocycles. The van der Waals surface area contributed by atoms with Gasteiger partial charge in [0.1, 0.15) is 0 Å². The van der Waals surface area contributed by atoms with Crippen LogP contribution in [0.4, 0.5) is 5.69 Å². The molecule has 0 unspecified atom stereocenters. The number of aliphatic carboxylic acids is 1. The van der Waals surface area contributed by atoms with Gasteiger partial charge in [0.25, 0.3) is 5.69 Å². The lowest BCUT2D eigenvalue weighted by molar-refractivity contribution is -0.384. The fourth-order valence-corrected chi connectivity index (χ4v) is 1.34. The van der Waals surface area contributed by atoms with Crippen molar-refractivity contribution in [1.82, 2.24) is 0 Å². The summed E-state index contributed by atoms with van der Waals surface area (Å²) in [7, 11) is 0. The third-order valence-electron chi connectivity index (χ3n) is 2.13. The van der Waals surface area contributed by atoms with Gasteiger partial charge in [0, 0.05) is 18.2 Å². The van der Waals surface area contributed by atoms with Crippen LogP contribution in [0, 0.1) is 10.1 Å². The van der Waals surface area contributed by atoms with Gasteiger partial charge in [0.2, 0.25) is 0 Å². The summed E-state index contributed by atoms with van der Waals surface area (Å²) >= 11 is 0. The maximum atomic E-state index is 10.5. The van der Waals surface area contributed by atoms with Gasteiger partial charge in [-0.1, -0.05) is 6.92 Å². The lowest BCUT2D eigenvalue weighted by atomic mass is 10.0. The van der Waals surface area contributed by atoms with Crippen LogP contribution in [0.1, 0.15) is 18.9 Å². The SMILES string of the molecule is CC/C(=C\C(=O)O)c1ccc([N+](=O)[O-])cc1. The number of nitrogens with zero attached hydrogens (tertiary/aromatic N) is 1. The molecule has 0 aliphatic carbocycles. The number of carboxylic acids is 1. The predicted octanol–water partition coefficient (Wildman–Crippen LogP) is 2.47. The van der Waals surface area contributed by atoms with E-state index in [0.717, 1.165) is 6.08 Å². The minimum Gasteiger partial charge on any atom is -0.478 e. The molecule has 1 aromatic rings. The van der Waals surface area contributed by atoms with Crippen LogP contribution in [-0.2, 0) is 4.79 Å². The first kappa shape index (κ1) is 11.9. The van der Waals surface area contributed by atoms with Crippen LogP contribution in [0.2, 0.25) is 0 Å². The number of nitro benzene ring substituents is 1. The van der Waals surface area contributed by atoms with Gasteiger partial charge in [-0.3, -0.25) is 10.1 Å². The predicted molar refractivity (Wildman–Crippen MR) is 59.0 cm³/mol. The summed E-state index contributed by atoms with van der Waals surface area (Å²) in [6, 6.07) is 5.83. The number of nitro groups is 1. The Morgan fingerprint density at radius 1 is 1.44 bits per heavy atom. The minimum atomic E-state index is -1.02. The summed E-state index contributed by atoms with van der Waals surface area (Å²) in [6.45, 7) is 1.83. The van der Waals surface area contributed by atoms with Crippen LogP contribution in [0.25, 0.3) is 5.57 Å². The van der Waals surface area contributed by atoms with E-state index in [1.165, 1.54) is 12.1 Å². The Hall–Kier alpha value is -2.17. The van der Waals surface area contributed by atoms with Gasteiger partial charge in [0.15, 0.2) is 0 Å². The zero-order valence-electron chi connectivity index (χ0n) is 8.71. The van der Waals surface area contributed by atoms with E-state index in [-0.39, 0.29) is 5.69 Å². The van der Waals surface area contributed by atoms with E-state index in [4.69, 9.17) is 5.11 Å².